The molecule has 1 N–H and O–H groups in total. The van der Waals surface area contributed by atoms with E-state index in [-0.39, 0.29) is 21.0 Å². The van der Waals surface area contributed by atoms with Crippen LogP contribution >= 0.6 is 0 Å². The molecule has 0 heterocycles. The topological polar surface area (TPSA) is 66.3 Å². The lowest BCUT2D eigenvalue weighted by atomic mass is 10.0. The van der Waals surface area contributed by atoms with Crippen LogP contribution in [0.3, 0.4) is 0 Å². The van der Waals surface area contributed by atoms with Crippen molar-refractivity contribution >= 4 is 22.4 Å². The number of aliphatic hydroxyl groups is 1. The van der Waals surface area contributed by atoms with E-state index in [1.165, 1.54) is 77.0 Å². The summed E-state index contributed by atoms with van der Waals surface area (Å²) in [4.78, 5) is 0. The van der Waals surface area contributed by atoms with Gasteiger partial charge in [-0.25, -0.2) is 0 Å². The summed E-state index contributed by atoms with van der Waals surface area (Å²) < 4.78 is 25.2. The van der Waals surface area contributed by atoms with Gasteiger partial charge in [-0.05, 0) is 75.7 Å². The van der Waals surface area contributed by atoms with Gasteiger partial charge in [0, 0.05) is 0 Å². The highest BCUT2D eigenvalue weighted by Crippen LogP contribution is 2.28. The lowest BCUT2D eigenvalue weighted by Crippen LogP contribution is -2.43. The molecular formula is C27H56O3S2. The van der Waals surface area contributed by atoms with Crippen LogP contribution in [-0.4, -0.2) is 41.3 Å². The van der Waals surface area contributed by atoms with Gasteiger partial charge in [0.2, 0.25) is 0 Å². The summed E-state index contributed by atoms with van der Waals surface area (Å²) in [7, 11) is 0. The highest BCUT2D eigenvalue weighted by atomic mass is 32.2. The second-order valence-corrected chi connectivity index (χ2v) is 15.2. The molecule has 0 aromatic heterocycles. The summed E-state index contributed by atoms with van der Waals surface area (Å²) in [5, 5.41) is 10.5. The van der Waals surface area contributed by atoms with Crippen molar-refractivity contribution in [1.82, 2.24) is 0 Å². The molecule has 2 atom stereocenters. The van der Waals surface area contributed by atoms with Gasteiger partial charge in [-0.2, -0.15) is 0 Å². The van der Waals surface area contributed by atoms with Crippen LogP contribution in [0, 0.1) is 0 Å². The second-order valence-electron chi connectivity index (χ2n) is 10.9. The highest BCUT2D eigenvalue weighted by molar-refractivity contribution is 7.93. The van der Waals surface area contributed by atoms with E-state index in [2.05, 4.69) is 13.8 Å². The third kappa shape index (κ3) is 16.2. The first-order valence-corrected chi connectivity index (χ1v) is 16.2. The van der Waals surface area contributed by atoms with E-state index >= 15 is 0 Å². The lowest BCUT2D eigenvalue weighted by molar-refractivity contribution is 0.218. The van der Waals surface area contributed by atoms with Gasteiger partial charge in [0.15, 0.2) is 0 Å². The summed E-state index contributed by atoms with van der Waals surface area (Å²) in [5.74, 6) is 0.478. The zero-order chi connectivity index (χ0) is 24.5. The van der Waals surface area contributed by atoms with Crippen LogP contribution in [0.5, 0.6) is 0 Å². The van der Waals surface area contributed by atoms with Crippen molar-refractivity contribution in [2.45, 2.75) is 160 Å². The first-order valence-electron chi connectivity index (χ1n) is 13.5. The summed E-state index contributed by atoms with van der Waals surface area (Å²) in [6, 6.07) is 0. The van der Waals surface area contributed by atoms with Gasteiger partial charge in [-0.1, -0.05) is 90.9 Å². The van der Waals surface area contributed by atoms with Crippen molar-refractivity contribution in [3.63, 3.8) is 0 Å². The molecule has 0 aromatic carbocycles. The van der Waals surface area contributed by atoms with Crippen LogP contribution in [-0.2, 0) is 22.4 Å². The maximum atomic E-state index is 12.9. The van der Waals surface area contributed by atoms with Crippen LogP contribution in [0.4, 0.5) is 0 Å². The minimum Gasteiger partial charge on any atom is -0.616 e. The maximum Gasteiger partial charge on any atom is 0.143 e. The molecule has 0 fully saturated rings. The molecule has 0 saturated carbocycles. The Bertz CT molecular complexity index is 391. The molecule has 0 aliphatic heterocycles. The van der Waals surface area contributed by atoms with E-state index < -0.39 is 28.5 Å². The van der Waals surface area contributed by atoms with Gasteiger partial charge in [0.25, 0.3) is 0 Å². The Labute approximate surface area is 207 Å². The van der Waals surface area contributed by atoms with Crippen LogP contribution in [0.1, 0.15) is 144 Å². The van der Waals surface area contributed by atoms with Crippen LogP contribution in [0.2, 0.25) is 0 Å². The van der Waals surface area contributed by atoms with Crippen molar-refractivity contribution < 1.29 is 14.2 Å². The SMILES string of the molecule is CCCCCCCCCC(C)(C)[S+]([O-])CC(O)C[S+]([O-])C(C)(C)CCCCCCCCC. The molecule has 0 spiro atoms. The minimum absolute atomic E-state index is 0.239. The van der Waals surface area contributed by atoms with E-state index in [0.717, 1.165) is 25.7 Å². The summed E-state index contributed by atoms with van der Waals surface area (Å²) in [6.07, 6.45) is 18.7. The van der Waals surface area contributed by atoms with Gasteiger partial charge in [0.05, 0.1) is 0 Å². The van der Waals surface area contributed by atoms with E-state index in [9.17, 15) is 14.2 Å². The number of hydrogen-bond acceptors (Lipinski definition) is 3. The lowest BCUT2D eigenvalue weighted by Gasteiger charge is -2.32. The molecular weight excluding hydrogens is 436 g/mol. The minimum atomic E-state index is -1.11. The average molecular weight is 493 g/mol. The molecule has 2 unspecified atom stereocenters. The summed E-state index contributed by atoms with van der Waals surface area (Å²) in [5.41, 5.74) is 0. The zero-order valence-corrected chi connectivity index (χ0v) is 24.0. The third-order valence-electron chi connectivity index (χ3n) is 6.68. The Morgan fingerprint density at radius 3 is 1.16 bits per heavy atom. The molecule has 32 heavy (non-hydrogen) atoms. The Hall–Kier alpha value is 0.580. The fourth-order valence-corrected chi connectivity index (χ4v) is 6.82. The predicted octanol–water partition coefficient (Wildman–Crippen LogP) is 7.68. The quantitative estimate of drug-likeness (QED) is 0.124. The zero-order valence-electron chi connectivity index (χ0n) is 22.4. The monoisotopic (exact) mass is 492 g/mol. The number of unbranched alkanes of at least 4 members (excludes halogenated alkanes) is 12. The highest BCUT2D eigenvalue weighted by Gasteiger charge is 2.37. The standard InChI is InChI=1S/C27H56O3S2/c1-7-9-11-13-15-17-19-21-26(3,4)31(29)23-25(28)24-32(30)27(5,6)22-20-18-16-14-12-10-8-2/h25,28H,7-24H2,1-6H3. The molecule has 0 aromatic rings. The van der Waals surface area contributed by atoms with Gasteiger partial charge < -0.3 is 14.2 Å². The fraction of sp³-hybridized carbons (Fsp3) is 1.00. The molecule has 0 rings (SSSR count). The third-order valence-corrected chi connectivity index (χ3v) is 10.9. The molecule has 0 saturated heterocycles. The molecule has 0 radical (unpaired) electrons. The Balaban J connectivity index is 4.17. The smallest absolute Gasteiger partial charge is 0.143 e. The molecule has 0 amide bonds. The molecule has 5 heteroatoms. The van der Waals surface area contributed by atoms with E-state index in [1.54, 1.807) is 0 Å². The van der Waals surface area contributed by atoms with E-state index in [4.69, 9.17) is 0 Å². The Morgan fingerprint density at radius 1 is 0.562 bits per heavy atom. The van der Waals surface area contributed by atoms with E-state index in [0.29, 0.717) is 0 Å². The van der Waals surface area contributed by atoms with Gasteiger partial charge in [-0.15, -0.1) is 0 Å². The van der Waals surface area contributed by atoms with Gasteiger partial charge in [-0.3, -0.25) is 0 Å². The van der Waals surface area contributed by atoms with Gasteiger partial charge in [0.1, 0.15) is 27.1 Å². The molecule has 194 valence electrons. The number of aliphatic hydroxyl groups excluding tert-OH is 1. The first kappa shape index (κ1) is 32.6. The van der Waals surface area contributed by atoms with E-state index in [1.807, 2.05) is 27.7 Å². The van der Waals surface area contributed by atoms with Crippen LogP contribution in [0.15, 0.2) is 0 Å². The molecule has 0 aliphatic rings. The average Bonchev–Trinajstić information content (AvgIpc) is 2.72. The second kappa shape index (κ2) is 18.9. The predicted molar refractivity (Wildman–Crippen MR) is 145 cm³/mol. The van der Waals surface area contributed by atoms with Crippen molar-refractivity contribution in [3.05, 3.63) is 0 Å². The fourth-order valence-electron chi connectivity index (χ4n) is 4.09. The van der Waals surface area contributed by atoms with Crippen molar-refractivity contribution in [2.24, 2.45) is 0 Å². The summed E-state index contributed by atoms with van der Waals surface area (Å²) in [6.45, 7) is 12.7. The normalized spacial score (nSPS) is 15.7. The van der Waals surface area contributed by atoms with Gasteiger partial charge >= 0.3 is 0 Å². The Morgan fingerprint density at radius 2 is 0.844 bits per heavy atom. The maximum absolute atomic E-state index is 12.9. The number of hydrogen-bond donors (Lipinski definition) is 1. The largest absolute Gasteiger partial charge is 0.616 e. The first-order chi connectivity index (χ1) is 15.1. The van der Waals surface area contributed by atoms with Crippen LogP contribution < -0.4 is 0 Å². The number of rotatable bonds is 22. The molecule has 0 bridgehead atoms. The van der Waals surface area contributed by atoms with Crippen molar-refractivity contribution in [2.75, 3.05) is 11.5 Å². The summed E-state index contributed by atoms with van der Waals surface area (Å²) >= 11 is -2.22. The molecule has 0 aliphatic carbocycles. The van der Waals surface area contributed by atoms with Crippen molar-refractivity contribution in [1.29, 1.82) is 0 Å². The van der Waals surface area contributed by atoms with Crippen molar-refractivity contribution in [3.8, 4) is 0 Å². The van der Waals surface area contributed by atoms with Crippen LogP contribution in [0.25, 0.3) is 0 Å². The molecule has 3 nitrogen and oxygen atoms in total. The Kier molecular flexibility index (Phi) is 19.2.